The van der Waals surface area contributed by atoms with Gasteiger partial charge in [0.15, 0.2) is 0 Å². The molecule has 36 heavy (non-hydrogen) atoms. The molecule has 0 aliphatic carbocycles. The lowest BCUT2D eigenvalue weighted by molar-refractivity contribution is 0.334. The Balaban J connectivity index is 2.74. The van der Waals surface area contributed by atoms with Crippen LogP contribution in [0.25, 0.3) is 11.1 Å². The molecule has 7 nitrogen and oxygen atoms in total. The maximum absolute atomic E-state index is 10.1. The van der Waals surface area contributed by atoms with Gasteiger partial charge >= 0.3 is 0 Å². The first-order valence-corrected chi connectivity index (χ1v) is 15.2. The summed E-state index contributed by atoms with van der Waals surface area (Å²) < 4.78 is 6.20. The second-order valence-electron chi connectivity index (χ2n) is 8.41. The third-order valence-electron chi connectivity index (χ3n) is 5.33. The van der Waals surface area contributed by atoms with Gasteiger partial charge in [-0.25, -0.2) is 4.99 Å². The number of allylic oxidation sites excluding steroid dienone is 1. The summed E-state index contributed by atoms with van der Waals surface area (Å²) in [4.78, 5) is 9.59. The number of hydrogen-bond acceptors (Lipinski definition) is 7. The first kappa shape index (κ1) is 29.1. The molecular weight excluding hydrogens is 487 g/mol. The minimum absolute atomic E-state index is 0.215. The van der Waals surface area contributed by atoms with Crippen molar-refractivity contribution in [3.05, 3.63) is 65.3 Å². The normalized spacial score (nSPS) is 13.0. The van der Waals surface area contributed by atoms with Crippen molar-refractivity contribution in [3.63, 3.8) is 0 Å². The molecule has 2 rings (SSSR count). The van der Waals surface area contributed by atoms with Gasteiger partial charge in [-0.1, -0.05) is 18.0 Å². The molecule has 1 aromatic heterocycles. The Morgan fingerprint density at radius 3 is 2.64 bits per heavy atom. The van der Waals surface area contributed by atoms with E-state index in [-0.39, 0.29) is 19.0 Å². The van der Waals surface area contributed by atoms with E-state index in [0.29, 0.717) is 34.9 Å². The summed E-state index contributed by atoms with van der Waals surface area (Å²) in [5.41, 5.74) is 11.5. The summed E-state index contributed by atoms with van der Waals surface area (Å²) in [7, 11) is -0.215. The summed E-state index contributed by atoms with van der Waals surface area (Å²) >= 11 is 1.79. The second-order valence-corrected chi connectivity index (χ2v) is 13.4. The van der Waals surface area contributed by atoms with Crippen molar-refractivity contribution in [2.24, 2.45) is 10.7 Å². The first-order valence-electron chi connectivity index (χ1n) is 11.5. The van der Waals surface area contributed by atoms with Crippen LogP contribution in [0.5, 0.6) is 5.75 Å². The van der Waals surface area contributed by atoms with Gasteiger partial charge in [0.05, 0.1) is 23.8 Å². The maximum Gasteiger partial charge on any atom is 0.134 e. The van der Waals surface area contributed by atoms with Crippen LogP contribution in [0, 0.1) is 23.7 Å². The van der Waals surface area contributed by atoms with Gasteiger partial charge in [0.1, 0.15) is 17.7 Å². The predicted molar refractivity (Wildman–Crippen MR) is 154 cm³/mol. The van der Waals surface area contributed by atoms with Crippen LogP contribution < -0.4 is 15.8 Å². The van der Waals surface area contributed by atoms with Crippen molar-refractivity contribution in [3.8, 4) is 22.9 Å². The minimum atomic E-state index is -0.215. The van der Waals surface area contributed by atoms with E-state index in [1.54, 1.807) is 24.5 Å². The van der Waals surface area contributed by atoms with E-state index in [2.05, 4.69) is 47.3 Å². The third-order valence-corrected chi connectivity index (χ3v) is 7.86. The Bertz CT molecular complexity index is 1250. The highest BCUT2D eigenvalue weighted by Gasteiger charge is 2.24. The van der Waals surface area contributed by atoms with Gasteiger partial charge < -0.3 is 21.2 Å². The summed E-state index contributed by atoms with van der Waals surface area (Å²) in [6.45, 7) is 17.8. The lowest BCUT2D eigenvalue weighted by Crippen LogP contribution is -2.27. The molecule has 0 saturated heterocycles. The van der Waals surface area contributed by atoms with Gasteiger partial charge in [-0.05, 0) is 72.8 Å². The number of nitrogens with zero attached hydrogens (tertiary/aromatic N) is 3. The van der Waals surface area contributed by atoms with Crippen molar-refractivity contribution in [1.82, 2.24) is 10.3 Å². The monoisotopic (exact) mass is 522 g/mol. The molecule has 0 aliphatic rings. The highest BCUT2D eigenvalue weighted by Crippen LogP contribution is 2.48. The topological polar surface area (TPSA) is 120 Å². The van der Waals surface area contributed by atoms with Crippen LogP contribution in [-0.4, -0.2) is 36.5 Å². The molecule has 1 heterocycles. The fraction of sp³-hybridized carbons (Fsp3) is 0.333. The summed E-state index contributed by atoms with van der Waals surface area (Å²) in [5.74, 6) is 0.871. The van der Waals surface area contributed by atoms with Gasteiger partial charge in [0.25, 0.3) is 0 Å². The first-order chi connectivity index (χ1) is 17.0. The van der Waals surface area contributed by atoms with E-state index in [1.807, 2.05) is 40.0 Å². The molecule has 0 fully saturated rings. The fourth-order valence-corrected chi connectivity index (χ4v) is 6.26. The van der Waals surface area contributed by atoms with Crippen molar-refractivity contribution in [2.45, 2.75) is 45.6 Å². The minimum Gasteiger partial charge on any atom is -0.493 e. The van der Waals surface area contributed by atoms with Gasteiger partial charge in [0.2, 0.25) is 0 Å². The fourth-order valence-electron chi connectivity index (χ4n) is 3.99. The number of nitrogens with two attached hydrogens (primary N) is 1. The van der Waals surface area contributed by atoms with Crippen LogP contribution in [0.2, 0.25) is 0 Å². The summed E-state index contributed by atoms with van der Waals surface area (Å²) in [5, 5.41) is 21.7. The number of amidine groups is 1. The number of hydrogen-bond donors (Lipinski definition) is 3. The third kappa shape index (κ3) is 6.96. The number of ether oxygens (including phenoxy) is 1. The molecule has 0 spiro atoms. The van der Waals surface area contributed by atoms with Crippen LogP contribution in [0.3, 0.4) is 0 Å². The van der Waals surface area contributed by atoms with Crippen LogP contribution in [0.4, 0.5) is 0 Å². The lowest BCUT2D eigenvalue weighted by atomic mass is 9.91. The summed E-state index contributed by atoms with van der Waals surface area (Å²) in [6.07, 6.45) is 5.00. The average molecular weight is 523 g/mol. The van der Waals surface area contributed by atoms with E-state index in [1.165, 1.54) is 6.20 Å². The molecule has 0 saturated carbocycles. The Kier molecular flexibility index (Phi) is 10.7. The lowest BCUT2D eigenvalue weighted by Gasteiger charge is -2.25. The molecule has 1 atom stereocenters. The maximum atomic E-state index is 10.1. The highest BCUT2D eigenvalue weighted by molar-refractivity contribution is 8.55. The number of aliphatic imine (C=N–C) groups is 1. The zero-order chi connectivity index (χ0) is 27.0. The predicted octanol–water partition coefficient (Wildman–Crippen LogP) is 6.54. The van der Waals surface area contributed by atoms with Crippen LogP contribution in [-0.2, 0) is 0 Å². The SMILES string of the molecule is C=C/N=C(N)\C(C(C)=N)=C(/C)NC(C)c1cc(C)c(C#N)c(-c2cncc(SP(C)C)c2)c1OCC. The number of pyridine rings is 1. The van der Waals surface area contributed by atoms with Gasteiger partial charge in [-0.2, -0.15) is 5.26 Å². The molecule has 9 heteroatoms. The number of benzene rings is 1. The molecule has 190 valence electrons. The largest absolute Gasteiger partial charge is 0.493 e. The van der Waals surface area contributed by atoms with E-state index < -0.39 is 0 Å². The van der Waals surface area contributed by atoms with Crippen LogP contribution >= 0.6 is 18.5 Å². The molecular formula is C27H35N6OPS. The standard InChI is InChI=1S/C27H35N6OPS/c1-9-32-27(30)24(17(4)29)19(6)33-18(5)22-11-16(3)23(13-28)25(26(22)34-10-2)20-12-21(15-31-14-20)36-35(7)8/h9,11-12,14-15,18,29,33H,1,10H2,2-8H3,(H2,30,32)/b24-19+,29-17?. The molecule has 4 N–H and O–H groups in total. The van der Waals surface area contributed by atoms with Crippen molar-refractivity contribution >= 4 is 30.1 Å². The Labute approximate surface area is 220 Å². The van der Waals surface area contributed by atoms with Crippen molar-refractivity contribution < 1.29 is 4.74 Å². The number of rotatable bonds is 11. The quantitative estimate of drug-likeness (QED) is 0.175. The van der Waals surface area contributed by atoms with E-state index in [9.17, 15) is 5.26 Å². The van der Waals surface area contributed by atoms with Crippen LogP contribution in [0.15, 0.2) is 58.5 Å². The molecule has 1 aromatic carbocycles. The number of nitrogens with one attached hydrogen (secondary N) is 2. The summed E-state index contributed by atoms with van der Waals surface area (Å²) in [6, 6.07) is 6.23. The highest BCUT2D eigenvalue weighted by atomic mass is 32.7. The molecule has 0 radical (unpaired) electrons. The van der Waals surface area contributed by atoms with Crippen molar-refractivity contribution in [1.29, 1.82) is 10.7 Å². The molecule has 0 bridgehead atoms. The molecule has 0 aliphatic heterocycles. The molecule has 2 aromatic rings. The van der Waals surface area contributed by atoms with E-state index >= 15 is 0 Å². The zero-order valence-corrected chi connectivity index (χ0v) is 23.8. The zero-order valence-electron chi connectivity index (χ0n) is 22.1. The van der Waals surface area contributed by atoms with Gasteiger partial charge in [-0.3, -0.25) is 4.98 Å². The number of nitriles is 1. The Hall–Kier alpha value is -3.14. The number of aryl methyl sites for hydroxylation is 1. The molecule has 1 unspecified atom stereocenters. The average Bonchev–Trinajstić information content (AvgIpc) is 2.79. The van der Waals surface area contributed by atoms with Crippen LogP contribution in [0.1, 0.15) is 50.4 Å². The van der Waals surface area contributed by atoms with Gasteiger partial charge in [0, 0.05) is 51.6 Å². The van der Waals surface area contributed by atoms with Crippen molar-refractivity contribution in [2.75, 3.05) is 19.9 Å². The smallest absolute Gasteiger partial charge is 0.134 e. The number of aromatic nitrogens is 1. The molecule has 0 amide bonds. The Morgan fingerprint density at radius 2 is 2.08 bits per heavy atom. The van der Waals surface area contributed by atoms with E-state index in [0.717, 1.165) is 27.1 Å². The second kappa shape index (κ2) is 13.2. The van der Waals surface area contributed by atoms with E-state index in [4.69, 9.17) is 15.9 Å². The van der Waals surface area contributed by atoms with Gasteiger partial charge in [-0.15, -0.1) is 0 Å². The Morgan fingerprint density at radius 1 is 1.39 bits per heavy atom.